The molecule has 4 N–H and O–H groups in total. The van der Waals surface area contributed by atoms with Gasteiger partial charge in [-0.3, -0.25) is 19.6 Å². The zero-order valence-electron chi connectivity index (χ0n) is 22.6. The van der Waals surface area contributed by atoms with E-state index in [0.717, 1.165) is 11.1 Å². The summed E-state index contributed by atoms with van der Waals surface area (Å²) in [7, 11) is 1.76. The second kappa shape index (κ2) is 13.5. The van der Waals surface area contributed by atoms with Crippen LogP contribution in [0.25, 0.3) is 0 Å². The minimum Gasteiger partial charge on any atom is -0.402 e. The molecule has 1 unspecified atom stereocenters. The average molecular weight is 654 g/mol. The number of hydrogen-bond donors (Lipinski definition) is 3. The number of hydrogen-bond acceptors (Lipinski definition) is 6. The first-order chi connectivity index (χ1) is 19.2. The number of amides is 2. The summed E-state index contributed by atoms with van der Waals surface area (Å²) < 4.78 is 2.12. The number of nitrogens with zero attached hydrogens (tertiary/aromatic N) is 5. The quantitative estimate of drug-likeness (QED) is 0.107. The molecule has 0 spiro atoms. The Balaban J connectivity index is 1.67. The molecule has 2 aromatic carbocycles. The first-order valence-electron chi connectivity index (χ1n) is 12.9. The molecule has 2 amide bonds. The third-order valence-corrected chi connectivity index (χ3v) is 7.01. The molecule has 40 heavy (non-hydrogen) atoms. The van der Waals surface area contributed by atoms with E-state index < -0.39 is 0 Å². The third-order valence-electron chi connectivity index (χ3n) is 6.53. The van der Waals surface area contributed by atoms with Crippen LogP contribution < -0.4 is 11.1 Å². The molecule has 208 valence electrons. The van der Waals surface area contributed by atoms with E-state index in [1.165, 1.54) is 0 Å². The summed E-state index contributed by atoms with van der Waals surface area (Å²) >= 11 is 1.97. The molecule has 1 aliphatic rings. The van der Waals surface area contributed by atoms with Crippen molar-refractivity contribution >= 4 is 41.1 Å². The van der Waals surface area contributed by atoms with Crippen LogP contribution in [0.15, 0.2) is 84.2 Å². The highest BCUT2D eigenvalue weighted by Crippen LogP contribution is 2.32. The molecular formula is C29H34IN8O2+. The number of benzene rings is 2. The number of halogens is 1. The topological polar surface area (TPSA) is 123 Å². The number of aromatic nitrogens is 3. The summed E-state index contributed by atoms with van der Waals surface area (Å²) in [5.41, 5.74) is 9.18. The third kappa shape index (κ3) is 7.42. The van der Waals surface area contributed by atoms with Gasteiger partial charge in [-0.2, -0.15) is 4.98 Å². The molecule has 11 heteroatoms. The minimum atomic E-state index is -0.375. The van der Waals surface area contributed by atoms with Gasteiger partial charge in [-0.15, -0.1) is 5.10 Å². The number of aromatic amines is 1. The lowest BCUT2D eigenvalue weighted by Crippen LogP contribution is -2.59. The van der Waals surface area contributed by atoms with Crippen LogP contribution in [0.2, 0.25) is 0 Å². The molecule has 3 aromatic rings. The van der Waals surface area contributed by atoms with E-state index in [2.05, 4.69) is 56.4 Å². The molecular weight excluding hydrogens is 619 g/mol. The van der Waals surface area contributed by atoms with E-state index in [1.807, 2.05) is 63.9 Å². The molecule has 0 aliphatic carbocycles. The average Bonchev–Trinajstić information content (AvgIpc) is 3.38. The van der Waals surface area contributed by atoms with Crippen molar-refractivity contribution in [2.24, 2.45) is 5.73 Å². The lowest BCUT2D eigenvalue weighted by atomic mass is 9.94. The first-order valence-corrected chi connectivity index (χ1v) is 14.0. The Bertz CT molecular complexity index is 1360. The second-order valence-electron chi connectivity index (χ2n) is 9.76. The zero-order chi connectivity index (χ0) is 28.6. The molecule has 1 atom stereocenters. The van der Waals surface area contributed by atoms with Crippen LogP contribution in [0.5, 0.6) is 0 Å². The van der Waals surface area contributed by atoms with Crippen molar-refractivity contribution in [3.8, 4) is 0 Å². The Morgan fingerprint density at radius 3 is 2.33 bits per heavy atom. The van der Waals surface area contributed by atoms with Crippen LogP contribution in [0.3, 0.4) is 0 Å². The fourth-order valence-corrected chi connectivity index (χ4v) is 5.22. The predicted molar refractivity (Wildman–Crippen MR) is 163 cm³/mol. The number of allylic oxidation sites excluding steroid dienone is 1. The van der Waals surface area contributed by atoms with E-state index in [0.29, 0.717) is 41.3 Å². The molecule has 10 nitrogen and oxygen atoms in total. The number of carbonyl (C=O) groups is 2. The van der Waals surface area contributed by atoms with Crippen molar-refractivity contribution in [3.63, 3.8) is 0 Å². The van der Waals surface area contributed by atoms with Crippen molar-refractivity contribution in [1.29, 1.82) is 0 Å². The van der Waals surface area contributed by atoms with Gasteiger partial charge in [0.25, 0.3) is 11.8 Å². The summed E-state index contributed by atoms with van der Waals surface area (Å²) in [5.74, 6) is -0.440. The maximum absolute atomic E-state index is 13.7. The highest BCUT2D eigenvalue weighted by atomic mass is 127. The monoisotopic (exact) mass is 653 g/mol. The van der Waals surface area contributed by atoms with Crippen LogP contribution in [0, 0.1) is 3.83 Å². The van der Waals surface area contributed by atoms with Gasteiger partial charge in [-0.05, 0) is 24.1 Å². The predicted octanol–water partition coefficient (Wildman–Crippen LogP) is 2.53. The van der Waals surface area contributed by atoms with Gasteiger partial charge < -0.3 is 16.0 Å². The Morgan fingerprint density at radius 2 is 1.80 bits per heavy atom. The van der Waals surface area contributed by atoms with Crippen molar-refractivity contribution in [2.75, 3.05) is 33.2 Å². The van der Waals surface area contributed by atoms with Crippen molar-refractivity contribution < 1.29 is 14.2 Å². The number of carbonyl (C=O) groups excluding carboxylic acids is 2. The Labute approximate surface area is 247 Å². The van der Waals surface area contributed by atoms with Gasteiger partial charge in [0, 0.05) is 60.5 Å². The number of H-pyrrole nitrogens is 1. The SMILES string of the molecule is C=[N+](C)/C=C(\C=C(/C)N)C(=O)N1CCN(C(c2ccccc2)c2ccccc2)C(CNC(=O)c2n[nH]c(I)n2)C1. The van der Waals surface area contributed by atoms with E-state index in [-0.39, 0.29) is 29.7 Å². The van der Waals surface area contributed by atoms with Gasteiger partial charge in [-0.1, -0.05) is 60.7 Å². The summed E-state index contributed by atoms with van der Waals surface area (Å²) in [6, 6.07) is 20.3. The van der Waals surface area contributed by atoms with Gasteiger partial charge in [0.1, 0.15) is 19.3 Å². The molecule has 4 rings (SSSR count). The smallest absolute Gasteiger partial charge is 0.291 e. The van der Waals surface area contributed by atoms with E-state index in [4.69, 9.17) is 5.73 Å². The van der Waals surface area contributed by atoms with Crippen LogP contribution in [-0.4, -0.2) is 87.4 Å². The lowest BCUT2D eigenvalue weighted by Gasteiger charge is -2.45. The summed E-state index contributed by atoms with van der Waals surface area (Å²) in [6.45, 7) is 7.40. The zero-order valence-corrected chi connectivity index (χ0v) is 24.8. The molecule has 0 saturated carbocycles. The van der Waals surface area contributed by atoms with Crippen LogP contribution in [0.1, 0.15) is 34.7 Å². The Hall–Kier alpha value is -3.84. The molecule has 1 saturated heterocycles. The van der Waals surface area contributed by atoms with Crippen molar-refractivity contribution in [3.05, 3.63) is 105 Å². The van der Waals surface area contributed by atoms with Crippen molar-refractivity contribution in [2.45, 2.75) is 19.0 Å². The maximum Gasteiger partial charge on any atom is 0.291 e. The lowest BCUT2D eigenvalue weighted by molar-refractivity contribution is -0.412. The van der Waals surface area contributed by atoms with Gasteiger partial charge >= 0.3 is 0 Å². The Morgan fingerprint density at radius 1 is 1.18 bits per heavy atom. The molecule has 1 aromatic heterocycles. The molecule has 0 radical (unpaired) electrons. The fourth-order valence-electron chi connectivity index (χ4n) is 4.87. The number of rotatable bonds is 9. The Kier molecular flexibility index (Phi) is 9.83. The summed E-state index contributed by atoms with van der Waals surface area (Å²) in [6.07, 6.45) is 3.33. The largest absolute Gasteiger partial charge is 0.402 e. The van der Waals surface area contributed by atoms with E-state index in [9.17, 15) is 9.59 Å². The van der Waals surface area contributed by atoms with Crippen molar-refractivity contribution in [1.82, 2.24) is 30.3 Å². The van der Waals surface area contributed by atoms with Crippen LogP contribution in [-0.2, 0) is 4.79 Å². The van der Waals surface area contributed by atoms with Gasteiger partial charge in [0.2, 0.25) is 5.82 Å². The highest BCUT2D eigenvalue weighted by molar-refractivity contribution is 14.1. The molecule has 2 heterocycles. The van der Waals surface area contributed by atoms with Crippen LogP contribution in [0.4, 0.5) is 0 Å². The molecule has 1 aliphatic heterocycles. The van der Waals surface area contributed by atoms with Gasteiger partial charge in [0.15, 0.2) is 10.0 Å². The normalized spacial score (nSPS) is 16.7. The summed E-state index contributed by atoms with van der Waals surface area (Å²) in [4.78, 5) is 34.9. The van der Waals surface area contributed by atoms with Gasteiger partial charge in [-0.25, -0.2) is 4.58 Å². The number of piperazine rings is 1. The van der Waals surface area contributed by atoms with Gasteiger partial charge in [0.05, 0.1) is 6.04 Å². The van der Waals surface area contributed by atoms with E-state index in [1.54, 1.807) is 30.8 Å². The molecule has 1 fully saturated rings. The second-order valence-corrected chi connectivity index (χ2v) is 10.8. The molecule has 0 bridgehead atoms. The first kappa shape index (κ1) is 29.2. The number of nitrogens with two attached hydrogens (primary N) is 1. The van der Waals surface area contributed by atoms with E-state index >= 15 is 0 Å². The standard InChI is InChI=1S/C29H33IN8O2/c1-20(31)16-23(18-36(2)3)28(40)37-14-15-38(24(19-37)17-32-27(39)26-33-29(30)35-34-26)25(21-10-6-4-7-11-21)22-12-8-5-9-13-22/h4-13,16,18,24-25H,2,14-15,17,19,31H2,1,3H3,(H-,32,33,34,35,39)/p+1/b20-16+,23-18+. The highest BCUT2D eigenvalue weighted by Gasteiger charge is 2.36. The minimum absolute atomic E-state index is 0.0711. The number of nitrogens with one attached hydrogen (secondary N) is 2. The maximum atomic E-state index is 13.7. The van der Waals surface area contributed by atoms with Crippen LogP contribution >= 0.6 is 22.6 Å². The summed E-state index contributed by atoms with van der Waals surface area (Å²) in [5, 5.41) is 9.66. The fraction of sp³-hybridized carbons (Fsp3) is 0.276.